The van der Waals surface area contributed by atoms with E-state index >= 15 is 0 Å². The summed E-state index contributed by atoms with van der Waals surface area (Å²) in [5, 5.41) is 0. The molecule has 15 heavy (non-hydrogen) atoms. The second kappa shape index (κ2) is 5.32. The van der Waals surface area contributed by atoms with Gasteiger partial charge in [-0.25, -0.2) is 0 Å². The first kappa shape index (κ1) is 10.7. The summed E-state index contributed by atoms with van der Waals surface area (Å²) >= 11 is 0. The molecular formula is C14H21N. The van der Waals surface area contributed by atoms with Crippen molar-refractivity contribution < 1.29 is 0 Å². The molecule has 1 aromatic rings. The van der Waals surface area contributed by atoms with Gasteiger partial charge in [0.15, 0.2) is 0 Å². The molecule has 0 aromatic heterocycles. The lowest BCUT2D eigenvalue weighted by atomic mass is 9.81. The van der Waals surface area contributed by atoms with Crippen LogP contribution in [-0.2, 0) is 6.42 Å². The molecule has 1 nitrogen and oxygen atoms in total. The fourth-order valence-corrected chi connectivity index (χ4v) is 2.73. The van der Waals surface area contributed by atoms with Crippen LogP contribution in [0.25, 0.3) is 0 Å². The predicted octanol–water partition coefficient (Wildman–Crippen LogP) is 3.24. The molecule has 2 N–H and O–H groups in total. The van der Waals surface area contributed by atoms with Crippen molar-refractivity contribution in [2.75, 3.05) is 6.54 Å². The van der Waals surface area contributed by atoms with Crippen LogP contribution in [0.5, 0.6) is 0 Å². The summed E-state index contributed by atoms with van der Waals surface area (Å²) in [6, 6.07) is 8.86. The summed E-state index contributed by atoms with van der Waals surface area (Å²) in [5.41, 5.74) is 8.71. The second-order valence-electron chi connectivity index (χ2n) is 4.57. The van der Waals surface area contributed by atoms with Crippen molar-refractivity contribution in [2.24, 2.45) is 5.73 Å². The van der Waals surface area contributed by atoms with Crippen LogP contribution < -0.4 is 5.73 Å². The standard InChI is InChI=1S/C14H21N/c15-11-10-13-8-4-5-9-14(13)12-6-2-1-3-7-12/h4-5,8-9,12H,1-3,6-7,10-11,15H2. The normalized spacial score (nSPS) is 17.9. The van der Waals surface area contributed by atoms with Gasteiger partial charge < -0.3 is 5.73 Å². The summed E-state index contributed by atoms with van der Waals surface area (Å²) in [7, 11) is 0. The second-order valence-corrected chi connectivity index (χ2v) is 4.57. The van der Waals surface area contributed by atoms with E-state index in [1.807, 2.05) is 0 Å². The highest BCUT2D eigenvalue weighted by Crippen LogP contribution is 2.34. The van der Waals surface area contributed by atoms with Crippen molar-refractivity contribution in [3.63, 3.8) is 0 Å². The average Bonchev–Trinajstić information content (AvgIpc) is 2.31. The topological polar surface area (TPSA) is 26.0 Å². The first-order valence-corrected chi connectivity index (χ1v) is 6.19. The molecule has 0 atom stereocenters. The molecule has 0 unspecified atom stereocenters. The highest BCUT2D eigenvalue weighted by atomic mass is 14.5. The molecule has 0 bridgehead atoms. The minimum absolute atomic E-state index is 0.768. The fraction of sp³-hybridized carbons (Fsp3) is 0.571. The minimum atomic E-state index is 0.768. The van der Waals surface area contributed by atoms with E-state index in [9.17, 15) is 0 Å². The molecule has 0 radical (unpaired) electrons. The Kier molecular flexibility index (Phi) is 3.79. The predicted molar refractivity (Wildman–Crippen MR) is 65.0 cm³/mol. The lowest BCUT2D eigenvalue weighted by Gasteiger charge is -2.24. The molecule has 1 aliphatic carbocycles. The molecular weight excluding hydrogens is 182 g/mol. The van der Waals surface area contributed by atoms with Crippen LogP contribution in [0.4, 0.5) is 0 Å². The zero-order valence-electron chi connectivity index (χ0n) is 9.41. The molecule has 0 amide bonds. The Labute approximate surface area is 92.7 Å². The van der Waals surface area contributed by atoms with Crippen LogP contribution >= 0.6 is 0 Å². The quantitative estimate of drug-likeness (QED) is 0.802. The third-order valence-electron chi connectivity index (χ3n) is 3.51. The van der Waals surface area contributed by atoms with Crippen molar-refractivity contribution in [3.05, 3.63) is 35.4 Å². The van der Waals surface area contributed by atoms with Crippen LogP contribution in [0.2, 0.25) is 0 Å². The van der Waals surface area contributed by atoms with E-state index < -0.39 is 0 Å². The number of benzene rings is 1. The van der Waals surface area contributed by atoms with Crippen molar-refractivity contribution in [1.29, 1.82) is 0 Å². The van der Waals surface area contributed by atoms with Crippen LogP contribution in [0.15, 0.2) is 24.3 Å². The van der Waals surface area contributed by atoms with E-state index in [0.717, 1.165) is 18.9 Å². The summed E-state index contributed by atoms with van der Waals surface area (Å²) < 4.78 is 0. The molecule has 0 spiro atoms. The lowest BCUT2D eigenvalue weighted by molar-refractivity contribution is 0.441. The minimum Gasteiger partial charge on any atom is -0.330 e. The van der Waals surface area contributed by atoms with Crippen molar-refractivity contribution in [2.45, 2.75) is 44.4 Å². The molecule has 0 saturated heterocycles. The van der Waals surface area contributed by atoms with E-state index in [-0.39, 0.29) is 0 Å². The third kappa shape index (κ3) is 2.60. The largest absolute Gasteiger partial charge is 0.330 e. The van der Waals surface area contributed by atoms with Gasteiger partial charge in [0.1, 0.15) is 0 Å². The molecule has 2 rings (SSSR count). The average molecular weight is 203 g/mol. The molecule has 82 valence electrons. The van der Waals surface area contributed by atoms with E-state index in [4.69, 9.17) is 5.73 Å². The summed E-state index contributed by atoms with van der Waals surface area (Å²) in [6.45, 7) is 0.768. The number of nitrogens with two attached hydrogens (primary N) is 1. The van der Waals surface area contributed by atoms with Crippen LogP contribution in [-0.4, -0.2) is 6.54 Å². The van der Waals surface area contributed by atoms with Crippen LogP contribution in [0, 0.1) is 0 Å². The lowest BCUT2D eigenvalue weighted by Crippen LogP contribution is -2.10. The maximum Gasteiger partial charge on any atom is -0.00366 e. The summed E-state index contributed by atoms with van der Waals surface area (Å²) in [6.07, 6.45) is 8.02. The van der Waals surface area contributed by atoms with Gasteiger partial charge >= 0.3 is 0 Å². The van der Waals surface area contributed by atoms with Gasteiger partial charge in [-0.3, -0.25) is 0 Å². The van der Waals surface area contributed by atoms with Crippen LogP contribution in [0.1, 0.15) is 49.1 Å². The highest BCUT2D eigenvalue weighted by molar-refractivity contribution is 5.31. The maximum atomic E-state index is 5.66. The first-order valence-electron chi connectivity index (χ1n) is 6.19. The molecule has 0 heterocycles. The Hall–Kier alpha value is -0.820. The van der Waals surface area contributed by atoms with Crippen molar-refractivity contribution >= 4 is 0 Å². The smallest absolute Gasteiger partial charge is 0.00366 e. The van der Waals surface area contributed by atoms with Gasteiger partial charge in [0.25, 0.3) is 0 Å². The molecule has 1 aliphatic rings. The van der Waals surface area contributed by atoms with Gasteiger partial charge in [-0.15, -0.1) is 0 Å². The summed E-state index contributed by atoms with van der Waals surface area (Å²) in [5.74, 6) is 0.807. The van der Waals surface area contributed by atoms with Gasteiger partial charge in [0.2, 0.25) is 0 Å². The Bertz CT molecular complexity index is 300. The number of rotatable bonds is 3. The van der Waals surface area contributed by atoms with Gasteiger partial charge in [-0.2, -0.15) is 0 Å². The SMILES string of the molecule is NCCc1ccccc1C1CCCCC1. The van der Waals surface area contributed by atoms with Gasteiger partial charge in [-0.1, -0.05) is 43.5 Å². The molecule has 1 aromatic carbocycles. The van der Waals surface area contributed by atoms with Crippen molar-refractivity contribution in [1.82, 2.24) is 0 Å². The first-order chi connectivity index (χ1) is 7.42. The molecule has 1 heteroatoms. The molecule has 1 fully saturated rings. The summed E-state index contributed by atoms with van der Waals surface area (Å²) in [4.78, 5) is 0. The van der Waals surface area contributed by atoms with Gasteiger partial charge in [0, 0.05) is 0 Å². The Balaban J connectivity index is 2.17. The highest BCUT2D eigenvalue weighted by Gasteiger charge is 2.17. The maximum absolute atomic E-state index is 5.66. The zero-order chi connectivity index (χ0) is 10.5. The Morgan fingerprint density at radius 3 is 2.53 bits per heavy atom. The molecule has 0 aliphatic heterocycles. The third-order valence-corrected chi connectivity index (χ3v) is 3.51. The van der Waals surface area contributed by atoms with E-state index in [2.05, 4.69) is 24.3 Å². The van der Waals surface area contributed by atoms with Crippen molar-refractivity contribution in [3.8, 4) is 0 Å². The Morgan fingerprint density at radius 1 is 1.07 bits per heavy atom. The van der Waals surface area contributed by atoms with Gasteiger partial charge in [0.05, 0.1) is 0 Å². The molecule has 1 saturated carbocycles. The zero-order valence-corrected chi connectivity index (χ0v) is 9.41. The van der Waals surface area contributed by atoms with E-state index in [1.165, 1.54) is 37.7 Å². The monoisotopic (exact) mass is 203 g/mol. The number of hydrogen-bond acceptors (Lipinski definition) is 1. The van der Waals surface area contributed by atoms with E-state index in [1.54, 1.807) is 5.56 Å². The van der Waals surface area contributed by atoms with E-state index in [0.29, 0.717) is 0 Å². The number of hydrogen-bond donors (Lipinski definition) is 1. The van der Waals surface area contributed by atoms with Gasteiger partial charge in [-0.05, 0) is 42.9 Å². The Morgan fingerprint density at radius 2 is 1.80 bits per heavy atom. The van der Waals surface area contributed by atoms with Crippen LogP contribution in [0.3, 0.4) is 0 Å². The fourth-order valence-electron chi connectivity index (χ4n) is 2.73.